The number of amides is 2. The van der Waals surface area contributed by atoms with E-state index < -0.39 is 12.0 Å². The third-order valence-electron chi connectivity index (χ3n) is 7.83. The van der Waals surface area contributed by atoms with Crippen molar-refractivity contribution in [3.63, 3.8) is 0 Å². The maximum Gasteiger partial charge on any atom is 0.414 e. The lowest BCUT2D eigenvalue weighted by Gasteiger charge is -2.24. The lowest BCUT2D eigenvalue weighted by Crippen LogP contribution is -2.34. The number of rotatable bonds is 4. The minimum absolute atomic E-state index is 0.0897. The average Bonchev–Trinajstić information content (AvgIpc) is 3.69. The monoisotopic (exact) mass is 511 g/mol. The number of nitrogens with one attached hydrogen (secondary N) is 2. The van der Waals surface area contributed by atoms with Gasteiger partial charge in [0.15, 0.2) is 5.82 Å². The first-order chi connectivity index (χ1) is 18.5. The fourth-order valence-electron chi connectivity index (χ4n) is 5.99. The molecule has 2 saturated heterocycles. The Bertz CT molecular complexity index is 1620. The zero-order valence-corrected chi connectivity index (χ0v) is 20.6. The molecule has 0 aliphatic carbocycles. The number of aromatic nitrogens is 5. The summed E-state index contributed by atoms with van der Waals surface area (Å²) in [6.07, 6.45) is 8.30. The molecule has 0 radical (unpaired) electrons. The lowest BCUT2D eigenvalue weighted by atomic mass is 10.0. The smallest absolute Gasteiger partial charge is 0.414 e. The van der Waals surface area contributed by atoms with Gasteiger partial charge in [-0.15, -0.1) is 0 Å². The van der Waals surface area contributed by atoms with Crippen LogP contribution in [0.3, 0.4) is 0 Å². The topological polar surface area (TPSA) is 141 Å². The number of hydrogen-bond acceptors (Lipinski definition) is 9. The fraction of sp³-hybridized carbons (Fsp3) is 0.308. The van der Waals surface area contributed by atoms with E-state index in [-0.39, 0.29) is 12.1 Å². The van der Waals surface area contributed by atoms with Gasteiger partial charge in [0, 0.05) is 61.6 Å². The maximum atomic E-state index is 13.3. The molecule has 3 aliphatic heterocycles. The van der Waals surface area contributed by atoms with Gasteiger partial charge in [0.05, 0.1) is 42.1 Å². The van der Waals surface area contributed by atoms with Gasteiger partial charge in [-0.2, -0.15) is 0 Å². The van der Waals surface area contributed by atoms with E-state index in [0.29, 0.717) is 34.7 Å². The summed E-state index contributed by atoms with van der Waals surface area (Å²) in [5, 5.41) is 17.2. The number of carbonyl (C=O) groups excluding carboxylic acids is 1. The predicted molar refractivity (Wildman–Crippen MR) is 139 cm³/mol. The fourth-order valence-corrected chi connectivity index (χ4v) is 5.99. The standard InChI is InChI=1S/C26H25N9O3/c1-33-6-4-16-15(2-5-29-24(16)33)23-17-13-35(26(37)38)25(36)22(17)18(9-30-23)31-20-11-28-12-21(32-20)34-7-3-14-8-27-10-19(14)34/h2,4-6,9,11-12,14,19,27H,3,7-8,10,13H2,1H3,(H,31,32)(H,37,38)/t14-,19+/m0/s1. The van der Waals surface area contributed by atoms with Crippen molar-refractivity contribution in [3.8, 4) is 11.3 Å². The molecule has 0 spiro atoms. The molecule has 0 aromatic carbocycles. The second-order valence-corrected chi connectivity index (χ2v) is 9.93. The van der Waals surface area contributed by atoms with Crippen LogP contribution in [0.4, 0.5) is 22.1 Å². The molecular formula is C26H25N9O3. The van der Waals surface area contributed by atoms with Crippen LogP contribution in [0.15, 0.2) is 43.1 Å². The summed E-state index contributed by atoms with van der Waals surface area (Å²) in [5.74, 6) is 1.25. The number of carboxylic acid groups (broad SMARTS) is 1. The molecule has 2 fully saturated rings. The first-order valence-electron chi connectivity index (χ1n) is 12.5. The molecule has 3 N–H and O–H groups in total. The Hall–Kier alpha value is -4.58. The van der Waals surface area contributed by atoms with Crippen LogP contribution in [-0.2, 0) is 13.6 Å². The summed E-state index contributed by atoms with van der Waals surface area (Å²) in [4.78, 5) is 46.6. The second kappa shape index (κ2) is 8.48. The highest BCUT2D eigenvalue weighted by Crippen LogP contribution is 2.39. The number of carbonyl (C=O) groups is 2. The number of pyridine rings is 2. The molecule has 192 valence electrons. The van der Waals surface area contributed by atoms with E-state index in [4.69, 9.17) is 9.97 Å². The van der Waals surface area contributed by atoms with Crippen molar-refractivity contribution in [1.29, 1.82) is 0 Å². The Morgan fingerprint density at radius 3 is 2.95 bits per heavy atom. The van der Waals surface area contributed by atoms with Crippen molar-refractivity contribution < 1.29 is 14.7 Å². The number of hydrogen-bond donors (Lipinski definition) is 3. The van der Waals surface area contributed by atoms with E-state index in [9.17, 15) is 14.7 Å². The number of anilines is 3. The molecule has 7 rings (SSSR count). The van der Waals surface area contributed by atoms with Crippen LogP contribution in [0, 0.1) is 5.92 Å². The lowest BCUT2D eigenvalue weighted by molar-refractivity contribution is 0.0764. The van der Waals surface area contributed by atoms with Gasteiger partial charge < -0.3 is 25.2 Å². The highest BCUT2D eigenvalue weighted by atomic mass is 16.4. The Kier molecular flexibility index (Phi) is 5.05. The number of fused-ring (bicyclic) bond motifs is 3. The van der Waals surface area contributed by atoms with E-state index in [1.54, 1.807) is 24.8 Å². The van der Waals surface area contributed by atoms with Crippen molar-refractivity contribution >= 4 is 40.4 Å². The molecule has 0 bridgehead atoms. The van der Waals surface area contributed by atoms with Gasteiger partial charge in [-0.3, -0.25) is 14.8 Å². The van der Waals surface area contributed by atoms with E-state index in [2.05, 4.69) is 25.5 Å². The maximum absolute atomic E-state index is 13.3. The summed E-state index contributed by atoms with van der Waals surface area (Å²) in [7, 11) is 1.90. The summed E-state index contributed by atoms with van der Waals surface area (Å²) < 4.78 is 1.90. The van der Waals surface area contributed by atoms with Crippen molar-refractivity contribution in [3.05, 3.63) is 54.2 Å². The third-order valence-corrected chi connectivity index (χ3v) is 7.83. The molecule has 38 heavy (non-hydrogen) atoms. The van der Waals surface area contributed by atoms with Crippen LogP contribution >= 0.6 is 0 Å². The molecule has 4 aromatic heterocycles. The summed E-state index contributed by atoms with van der Waals surface area (Å²) in [5.41, 5.74) is 3.32. The predicted octanol–water partition coefficient (Wildman–Crippen LogP) is 2.60. The Morgan fingerprint density at radius 1 is 1.18 bits per heavy atom. The van der Waals surface area contributed by atoms with E-state index >= 15 is 0 Å². The molecule has 2 amide bonds. The van der Waals surface area contributed by atoms with Gasteiger partial charge in [0.25, 0.3) is 5.91 Å². The van der Waals surface area contributed by atoms with Gasteiger partial charge in [0.1, 0.15) is 11.5 Å². The van der Waals surface area contributed by atoms with Gasteiger partial charge in [0.2, 0.25) is 0 Å². The SMILES string of the molecule is Cn1ccc2c(-c3ncc(Nc4cncc(N5CC[C@H]6CNC[C@H]65)n4)c4c3CN(C(=O)O)C4=O)ccnc21. The molecule has 4 aromatic rings. The van der Waals surface area contributed by atoms with Crippen molar-refractivity contribution in [2.75, 3.05) is 29.9 Å². The van der Waals surface area contributed by atoms with Crippen molar-refractivity contribution in [2.45, 2.75) is 19.0 Å². The minimum Gasteiger partial charge on any atom is -0.465 e. The Morgan fingerprint density at radius 2 is 2.08 bits per heavy atom. The average molecular weight is 512 g/mol. The molecule has 7 heterocycles. The highest BCUT2D eigenvalue weighted by molar-refractivity contribution is 6.11. The van der Waals surface area contributed by atoms with Gasteiger partial charge >= 0.3 is 6.09 Å². The molecule has 12 nitrogen and oxygen atoms in total. The van der Waals surface area contributed by atoms with Crippen LogP contribution in [0.5, 0.6) is 0 Å². The number of aryl methyl sites for hydroxylation is 1. The highest BCUT2D eigenvalue weighted by Gasteiger charge is 2.39. The summed E-state index contributed by atoms with van der Waals surface area (Å²) >= 11 is 0. The first-order valence-corrected chi connectivity index (χ1v) is 12.5. The molecule has 3 aliphatic rings. The molecule has 0 unspecified atom stereocenters. The second-order valence-electron chi connectivity index (χ2n) is 9.93. The minimum atomic E-state index is -1.31. The molecule has 12 heteroatoms. The van der Waals surface area contributed by atoms with Gasteiger partial charge in [-0.05, 0) is 24.5 Å². The van der Waals surface area contributed by atoms with Crippen LogP contribution in [0.1, 0.15) is 22.3 Å². The largest absolute Gasteiger partial charge is 0.465 e. The zero-order valence-electron chi connectivity index (χ0n) is 20.6. The Labute approximate surface area is 217 Å². The van der Waals surface area contributed by atoms with Crippen LogP contribution in [0.25, 0.3) is 22.3 Å². The number of nitrogens with zero attached hydrogens (tertiary/aromatic N) is 7. The number of imide groups is 1. The third kappa shape index (κ3) is 3.40. The Balaban J connectivity index is 1.29. The normalized spacial score (nSPS) is 20.3. The van der Waals surface area contributed by atoms with Crippen molar-refractivity contribution in [1.82, 2.24) is 34.7 Å². The zero-order chi connectivity index (χ0) is 26.0. The summed E-state index contributed by atoms with van der Waals surface area (Å²) in [6, 6.07) is 4.17. The quantitative estimate of drug-likeness (QED) is 0.374. The van der Waals surface area contributed by atoms with E-state index in [0.717, 1.165) is 53.4 Å². The van der Waals surface area contributed by atoms with E-state index in [1.807, 2.05) is 29.9 Å². The van der Waals surface area contributed by atoms with Gasteiger partial charge in [-0.25, -0.2) is 19.7 Å². The van der Waals surface area contributed by atoms with Crippen molar-refractivity contribution in [2.24, 2.45) is 13.0 Å². The molecule has 2 atom stereocenters. The van der Waals surface area contributed by atoms with E-state index in [1.165, 1.54) is 0 Å². The molecule has 0 saturated carbocycles. The summed E-state index contributed by atoms with van der Waals surface area (Å²) in [6.45, 7) is 2.78. The first kappa shape index (κ1) is 22.6. The van der Waals surface area contributed by atoms with Crippen LogP contribution in [-0.4, -0.2) is 72.2 Å². The van der Waals surface area contributed by atoms with Gasteiger partial charge in [-0.1, -0.05) is 0 Å². The van der Waals surface area contributed by atoms with Crippen LogP contribution in [0.2, 0.25) is 0 Å². The van der Waals surface area contributed by atoms with Crippen LogP contribution < -0.4 is 15.5 Å². The molecular weight excluding hydrogens is 486 g/mol.